The number of hydrogen-bond acceptors (Lipinski definition) is 3. The third-order valence-corrected chi connectivity index (χ3v) is 5.73. The van der Waals surface area contributed by atoms with Crippen molar-refractivity contribution in [1.82, 2.24) is 0 Å². The van der Waals surface area contributed by atoms with Crippen molar-refractivity contribution in [2.45, 2.75) is 26.2 Å². The molecule has 1 N–H and O–H groups in total. The van der Waals surface area contributed by atoms with Crippen molar-refractivity contribution in [3.8, 4) is 0 Å². The first kappa shape index (κ1) is 12.8. The van der Waals surface area contributed by atoms with E-state index in [4.69, 9.17) is 0 Å². The SMILES string of the molecule is Cc1ccc([N+](=O)[O-])cc1NC(=O)C1[C@H]2[C@@H]3CC[C@H](C3)[C@H]12. The highest BCUT2D eigenvalue weighted by Gasteiger charge is 2.67. The molecule has 2 bridgehead atoms. The second kappa shape index (κ2) is 4.29. The quantitative estimate of drug-likeness (QED) is 0.685. The summed E-state index contributed by atoms with van der Waals surface area (Å²) in [6, 6.07) is 4.61. The first-order valence-corrected chi connectivity index (χ1v) is 7.62. The molecule has 0 heterocycles. The van der Waals surface area contributed by atoms with Crippen molar-refractivity contribution in [3.63, 3.8) is 0 Å². The van der Waals surface area contributed by atoms with Gasteiger partial charge in [0.05, 0.1) is 10.6 Å². The first-order chi connectivity index (χ1) is 10.1. The van der Waals surface area contributed by atoms with E-state index in [9.17, 15) is 14.9 Å². The minimum Gasteiger partial charge on any atom is -0.325 e. The van der Waals surface area contributed by atoms with E-state index in [1.807, 2.05) is 6.92 Å². The van der Waals surface area contributed by atoms with Crippen LogP contribution >= 0.6 is 0 Å². The zero-order valence-electron chi connectivity index (χ0n) is 11.9. The number of nitro benzene ring substituents is 1. The molecule has 4 rings (SSSR count). The van der Waals surface area contributed by atoms with Crippen LogP contribution in [0.4, 0.5) is 11.4 Å². The van der Waals surface area contributed by atoms with Gasteiger partial charge in [0.2, 0.25) is 5.91 Å². The summed E-state index contributed by atoms with van der Waals surface area (Å²) in [4.78, 5) is 22.9. The second-order valence-corrected chi connectivity index (χ2v) is 6.76. The van der Waals surface area contributed by atoms with Gasteiger partial charge in [0.25, 0.3) is 5.69 Å². The molecule has 0 aliphatic heterocycles. The molecule has 110 valence electrons. The Kier molecular flexibility index (Phi) is 2.62. The molecule has 3 fully saturated rings. The molecule has 21 heavy (non-hydrogen) atoms. The summed E-state index contributed by atoms with van der Waals surface area (Å²) in [6.07, 6.45) is 3.88. The van der Waals surface area contributed by atoms with Crippen LogP contribution in [0.15, 0.2) is 18.2 Å². The third-order valence-electron chi connectivity index (χ3n) is 5.73. The van der Waals surface area contributed by atoms with Gasteiger partial charge in [-0.15, -0.1) is 0 Å². The van der Waals surface area contributed by atoms with Crippen LogP contribution in [0.1, 0.15) is 24.8 Å². The maximum Gasteiger partial charge on any atom is 0.271 e. The van der Waals surface area contributed by atoms with Gasteiger partial charge in [0.15, 0.2) is 0 Å². The summed E-state index contributed by atoms with van der Waals surface area (Å²) in [6.45, 7) is 1.86. The van der Waals surface area contributed by atoms with E-state index in [1.165, 1.54) is 31.4 Å². The first-order valence-electron chi connectivity index (χ1n) is 7.62. The Morgan fingerprint density at radius 1 is 1.29 bits per heavy atom. The highest BCUT2D eigenvalue weighted by molar-refractivity contribution is 5.96. The predicted octanol–water partition coefficient (Wildman–Crippen LogP) is 3.13. The van der Waals surface area contributed by atoms with E-state index in [0.29, 0.717) is 17.5 Å². The lowest BCUT2D eigenvalue weighted by Crippen LogP contribution is -2.19. The lowest BCUT2D eigenvalue weighted by Gasteiger charge is -2.11. The molecular formula is C16H18N2O3. The Morgan fingerprint density at radius 3 is 2.57 bits per heavy atom. The number of benzene rings is 1. The molecule has 5 nitrogen and oxygen atoms in total. The van der Waals surface area contributed by atoms with Gasteiger partial charge in [0.1, 0.15) is 0 Å². The van der Waals surface area contributed by atoms with Gasteiger partial charge >= 0.3 is 0 Å². The predicted molar refractivity (Wildman–Crippen MR) is 77.8 cm³/mol. The number of anilines is 1. The number of carbonyl (C=O) groups excluding carboxylic acids is 1. The summed E-state index contributed by atoms with van der Waals surface area (Å²) < 4.78 is 0. The molecule has 0 spiro atoms. The molecule has 0 unspecified atom stereocenters. The summed E-state index contributed by atoms with van der Waals surface area (Å²) in [5, 5.41) is 13.8. The number of carbonyl (C=O) groups is 1. The molecule has 1 aromatic carbocycles. The van der Waals surface area contributed by atoms with Crippen molar-refractivity contribution in [2.24, 2.45) is 29.6 Å². The Balaban J connectivity index is 1.51. The van der Waals surface area contributed by atoms with Crippen molar-refractivity contribution < 1.29 is 9.72 Å². The van der Waals surface area contributed by atoms with Gasteiger partial charge in [-0.25, -0.2) is 0 Å². The van der Waals surface area contributed by atoms with E-state index < -0.39 is 4.92 Å². The number of hydrogen-bond donors (Lipinski definition) is 1. The van der Waals surface area contributed by atoms with E-state index in [1.54, 1.807) is 6.07 Å². The molecule has 3 aliphatic rings. The van der Waals surface area contributed by atoms with Crippen molar-refractivity contribution in [2.75, 3.05) is 5.32 Å². The maximum atomic E-state index is 12.5. The van der Waals surface area contributed by atoms with Crippen LogP contribution < -0.4 is 5.32 Å². The van der Waals surface area contributed by atoms with E-state index in [2.05, 4.69) is 5.32 Å². The minimum absolute atomic E-state index is 0.0203. The minimum atomic E-state index is -0.429. The number of nitrogens with one attached hydrogen (secondary N) is 1. The van der Waals surface area contributed by atoms with Crippen LogP contribution in [0.25, 0.3) is 0 Å². The molecule has 0 aromatic heterocycles. The molecule has 0 saturated heterocycles. The number of non-ortho nitro benzene ring substituents is 1. The Morgan fingerprint density at radius 2 is 1.95 bits per heavy atom. The highest BCUT2D eigenvalue weighted by atomic mass is 16.6. The average Bonchev–Trinajstić information content (AvgIpc) is 2.90. The summed E-state index contributed by atoms with van der Waals surface area (Å²) in [5.74, 6) is 2.88. The van der Waals surface area contributed by atoms with Crippen LogP contribution in [0.5, 0.6) is 0 Å². The van der Waals surface area contributed by atoms with Crippen LogP contribution in [0.2, 0.25) is 0 Å². The molecule has 1 aromatic rings. The molecular weight excluding hydrogens is 268 g/mol. The smallest absolute Gasteiger partial charge is 0.271 e. The van der Waals surface area contributed by atoms with Gasteiger partial charge in [-0.3, -0.25) is 14.9 Å². The maximum absolute atomic E-state index is 12.5. The van der Waals surface area contributed by atoms with Crippen molar-refractivity contribution in [3.05, 3.63) is 33.9 Å². The van der Waals surface area contributed by atoms with Gasteiger partial charge in [-0.1, -0.05) is 6.07 Å². The Hall–Kier alpha value is -1.91. The summed E-state index contributed by atoms with van der Waals surface area (Å²) in [7, 11) is 0. The van der Waals surface area contributed by atoms with E-state index in [0.717, 1.165) is 17.4 Å². The van der Waals surface area contributed by atoms with Crippen LogP contribution in [0.3, 0.4) is 0 Å². The Labute approximate surface area is 122 Å². The third kappa shape index (κ3) is 1.87. The number of fused-ring (bicyclic) bond motifs is 5. The summed E-state index contributed by atoms with van der Waals surface area (Å²) >= 11 is 0. The molecule has 0 radical (unpaired) electrons. The van der Waals surface area contributed by atoms with Crippen LogP contribution in [-0.4, -0.2) is 10.8 Å². The fourth-order valence-corrected chi connectivity index (χ4v) is 4.75. The standard InChI is InChI=1S/C16H18N2O3/c1-8-2-5-11(18(20)21)7-12(8)17-16(19)15-13-9-3-4-10(6-9)14(13)15/h2,5,7,9-10,13-15H,3-4,6H2,1H3,(H,17,19)/t9-,10-,13+,14+/m1/s1. The average molecular weight is 286 g/mol. The second-order valence-electron chi connectivity index (χ2n) is 6.76. The monoisotopic (exact) mass is 286 g/mol. The highest BCUT2D eigenvalue weighted by Crippen LogP contribution is 2.69. The van der Waals surface area contributed by atoms with Crippen LogP contribution in [0, 0.1) is 46.6 Å². The molecule has 1 amide bonds. The molecule has 5 heteroatoms. The number of nitrogens with zero attached hydrogens (tertiary/aromatic N) is 1. The van der Waals surface area contributed by atoms with Gasteiger partial charge in [-0.05, 0) is 55.4 Å². The van der Waals surface area contributed by atoms with E-state index in [-0.39, 0.29) is 17.5 Å². The molecule has 3 saturated carbocycles. The lowest BCUT2D eigenvalue weighted by atomic mass is 10.0. The fourth-order valence-electron chi connectivity index (χ4n) is 4.75. The van der Waals surface area contributed by atoms with Gasteiger partial charge < -0.3 is 5.32 Å². The van der Waals surface area contributed by atoms with Crippen LogP contribution in [-0.2, 0) is 4.79 Å². The molecule has 3 aliphatic carbocycles. The number of nitro groups is 1. The largest absolute Gasteiger partial charge is 0.325 e. The van der Waals surface area contributed by atoms with E-state index >= 15 is 0 Å². The summed E-state index contributed by atoms with van der Waals surface area (Å²) in [5.41, 5.74) is 1.46. The zero-order valence-corrected chi connectivity index (χ0v) is 11.9. The van der Waals surface area contributed by atoms with Gasteiger partial charge in [-0.2, -0.15) is 0 Å². The Bertz CT molecular complexity index is 626. The molecule has 4 atom stereocenters. The zero-order chi connectivity index (χ0) is 14.7. The van der Waals surface area contributed by atoms with Gasteiger partial charge in [0, 0.05) is 18.1 Å². The fraction of sp³-hybridized carbons (Fsp3) is 0.562. The number of amides is 1. The normalized spacial score (nSPS) is 35.4. The number of rotatable bonds is 3. The van der Waals surface area contributed by atoms with Crippen molar-refractivity contribution in [1.29, 1.82) is 0 Å². The van der Waals surface area contributed by atoms with Crippen molar-refractivity contribution >= 4 is 17.3 Å². The number of aryl methyl sites for hydroxylation is 1. The topological polar surface area (TPSA) is 72.2 Å². The lowest BCUT2D eigenvalue weighted by molar-refractivity contribution is -0.384.